The molecule has 0 aliphatic heterocycles. The zero-order valence-corrected chi connectivity index (χ0v) is 7.42. The van der Waals surface area contributed by atoms with Gasteiger partial charge in [0.05, 0.1) is 0 Å². The number of amides is 1. The van der Waals surface area contributed by atoms with E-state index >= 15 is 0 Å². The third kappa shape index (κ3) is 2.42. The van der Waals surface area contributed by atoms with Gasteiger partial charge in [-0.15, -0.1) is 0 Å². The van der Waals surface area contributed by atoms with Gasteiger partial charge in [0, 0.05) is 12.7 Å². The summed E-state index contributed by atoms with van der Waals surface area (Å²) in [5, 5.41) is 2.81. The van der Waals surface area contributed by atoms with Crippen molar-refractivity contribution < 1.29 is 4.79 Å². The number of hydrogen-bond acceptors (Lipinski definition) is 1. The predicted molar refractivity (Wildman–Crippen MR) is 48.0 cm³/mol. The van der Waals surface area contributed by atoms with Gasteiger partial charge in [-0.3, -0.25) is 4.79 Å². The minimum absolute atomic E-state index is 0.0336. The van der Waals surface area contributed by atoms with Gasteiger partial charge in [-0.2, -0.15) is 0 Å². The van der Waals surface area contributed by atoms with Crippen molar-refractivity contribution in [3.63, 3.8) is 0 Å². The molecular weight excluding hydrogens is 152 g/mol. The lowest BCUT2D eigenvalue weighted by molar-refractivity contribution is 0.0944. The van der Waals surface area contributed by atoms with E-state index in [2.05, 4.69) is 24.1 Å². The van der Waals surface area contributed by atoms with Crippen LogP contribution < -0.4 is 5.32 Å². The van der Waals surface area contributed by atoms with Gasteiger partial charge >= 0.3 is 0 Å². The summed E-state index contributed by atoms with van der Waals surface area (Å²) in [6.45, 7) is 4.85. The lowest BCUT2D eigenvalue weighted by Crippen LogP contribution is -2.27. The van der Waals surface area contributed by atoms with Crippen LogP contribution in [0.3, 0.4) is 0 Å². The van der Waals surface area contributed by atoms with Gasteiger partial charge in [-0.05, 0) is 18.1 Å². The van der Waals surface area contributed by atoms with Gasteiger partial charge in [0.1, 0.15) is 5.69 Å². The number of aromatic amines is 1. The molecule has 1 amide bonds. The van der Waals surface area contributed by atoms with Crippen molar-refractivity contribution in [2.75, 3.05) is 6.54 Å². The highest BCUT2D eigenvalue weighted by atomic mass is 16.1. The SMILES string of the molecule is CC(C)CNC(=O)c1ccc[nH]1. The fourth-order valence-corrected chi connectivity index (χ4v) is 0.864. The van der Waals surface area contributed by atoms with Crippen LogP contribution in [0.25, 0.3) is 0 Å². The van der Waals surface area contributed by atoms with Crippen LogP contribution in [0.5, 0.6) is 0 Å². The Kier molecular flexibility index (Phi) is 2.91. The molecule has 1 aromatic rings. The first-order valence-corrected chi connectivity index (χ1v) is 4.11. The van der Waals surface area contributed by atoms with Crippen molar-refractivity contribution in [1.82, 2.24) is 10.3 Å². The van der Waals surface area contributed by atoms with Crippen LogP contribution >= 0.6 is 0 Å². The molecule has 0 bridgehead atoms. The summed E-state index contributed by atoms with van der Waals surface area (Å²) in [5.41, 5.74) is 0.621. The molecule has 0 atom stereocenters. The molecule has 1 rings (SSSR count). The number of rotatable bonds is 3. The molecule has 1 aromatic heterocycles. The Morgan fingerprint density at radius 1 is 1.67 bits per heavy atom. The molecule has 0 aliphatic rings. The minimum atomic E-state index is -0.0336. The number of nitrogens with one attached hydrogen (secondary N) is 2. The van der Waals surface area contributed by atoms with E-state index in [4.69, 9.17) is 0 Å². The van der Waals surface area contributed by atoms with E-state index in [1.165, 1.54) is 0 Å². The van der Waals surface area contributed by atoms with Crippen LogP contribution in [0.2, 0.25) is 0 Å². The lowest BCUT2D eigenvalue weighted by atomic mass is 10.2. The zero-order valence-electron chi connectivity index (χ0n) is 7.42. The van der Waals surface area contributed by atoms with E-state index in [1.807, 2.05) is 6.07 Å². The topological polar surface area (TPSA) is 44.9 Å². The molecular formula is C9H14N2O. The lowest BCUT2D eigenvalue weighted by Gasteiger charge is -2.05. The number of hydrogen-bond donors (Lipinski definition) is 2. The Labute approximate surface area is 72.2 Å². The predicted octanol–water partition coefficient (Wildman–Crippen LogP) is 1.40. The average Bonchev–Trinajstić information content (AvgIpc) is 2.51. The summed E-state index contributed by atoms with van der Waals surface area (Å²) in [4.78, 5) is 14.1. The molecule has 1 heterocycles. The Morgan fingerprint density at radius 2 is 2.42 bits per heavy atom. The van der Waals surface area contributed by atoms with Gasteiger partial charge in [0.15, 0.2) is 0 Å². The molecule has 12 heavy (non-hydrogen) atoms. The van der Waals surface area contributed by atoms with Crippen molar-refractivity contribution in [2.45, 2.75) is 13.8 Å². The Hall–Kier alpha value is -1.25. The largest absolute Gasteiger partial charge is 0.357 e. The number of aromatic nitrogens is 1. The van der Waals surface area contributed by atoms with Crippen molar-refractivity contribution >= 4 is 5.91 Å². The summed E-state index contributed by atoms with van der Waals surface area (Å²) in [5.74, 6) is 0.456. The molecule has 0 radical (unpaired) electrons. The van der Waals surface area contributed by atoms with Crippen LogP contribution in [-0.2, 0) is 0 Å². The fourth-order valence-electron chi connectivity index (χ4n) is 0.864. The summed E-state index contributed by atoms with van der Waals surface area (Å²) in [7, 11) is 0. The first-order valence-electron chi connectivity index (χ1n) is 4.11. The minimum Gasteiger partial charge on any atom is -0.357 e. The molecule has 0 saturated carbocycles. The Bertz CT molecular complexity index is 239. The molecule has 0 aliphatic carbocycles. The highest BCUT2D eigenvalue weighted by Gasteiger charge is 2.04. The van der Waals surface area contributed by atoms with Crippen LogP contribution in [0.4, 0.5) is 0 Å². The Balaban J connectivity index is 2.40. The van der Waals surface area contributed by atoms with Crippen LogP contribution in [0.1, 0.15) is 24.3 Å². The quantitative estimate of drug-likeness (QED) is 0.700. The molecule has 66 valence electrons. The smallest absolute Gasteiger partial charge is 0.267 e. The van der Waals surface area contributed by atoms with Gasteiger partial charge in [-0.1, -0.05) is 13.8 Å². The van der Waals surface area contributed by atoms with Crippen LogP contribution in [-0.4, -0.2) is 17.4 Å². The number of carbonyl (C=O) groups is 1. The summed E-state index contributed by atoms with van der Waals surface area (Å²) < 4.78 is 0. The Morgan fingerprint density at radius 3 is 2.92 bits per heavy atom. The van der Waals surface area contributed by atoms with Crippen LogP contribution in [0.15, 0.2) is 18.3 Å². The van der Waals surface area contributed by atoms with Crippen molar-refractivity contribution in [3.8, 4) is 0 Å². The summed E-state index contributed by atoms with van der Waals surface area (Å²) >= 11 is 0. The molecule has 0 saturated heterocycles. The van der Waals surface area contributed by atoms with Gasteiger partial charge < -0.3 is 10.3 Å². The van der Waals surface area contributed by atoms with E-state index in [0.717, 1.165) is 6.54 Å². The maximum atomic E-state index is 11.3. The van der Waals surface area contributed by atoms with Crippen molar-refractivity contribution in [2.24, 2.45) is 5.92 Å². The van der Waals surface area contributed by atoms with Crippen molar-refractivity contribution in [1.29, 1.82) is 0 Å². The van der Waals surface area contributed by atoms with E-state index in [0.29, 0.717) is 11.6 Å². The van der Waals surface area contributed by atoms with Crippen LogP contribution in [0, 0.1) is 5.92 Å². The fraction of sp³-hybridized carbons (Fsp3) is 0.444. The second kappa shape index (κ2) is 3.95. The normalized spacial score (nSPS) is 10.2. The first kappa shape index (κ1) is 8.84. The van der Waals surface area contributed by atoms with E-state index in [1.54, 1.807) is 12.3 Å². The summed E-state index contributed by atoms with van der Waals surface area (Å²) in [6, 6.07) is 3.57. The number of carbonyl (C=O) groups excluding carboxylic acids is 1. The molecule has 0 aromatic carbocycles. The molecule has 0 fully saturated rings. The number of H-pyrrole nitrogens is 1. The monoisotopic (exact) mass is 166 g/mol. The van der Waals surface area contributed by atoms with E-state index in [-0.39, 0.29) is 5.91 Å². The second-order valence-corrected chi connectivity index (χ2v) is 3.19. The van der Waals surface area contributed by atoms with Gasteiger partial charge in [-0.25, -0.2) is 0 Å². The molecule has 3 nitrogen and oxygen atoms in total. The third-order valence-electron chi connectivity index (χ3n) is 1.51. The van der Waals surface area contributed by atoms with E-state index in [9.17, 15) is 4.79 Å². The maximum Gasteiger partial charge on any atom is 0.267 e. The highest BCUT2D eigenvalue weighted by molar-refractivity contribution is 5.92. The standard InChI is InChI=1S/C9H14N2O/c1-7(2)6-11-9(12)8-4-3-5-10-8/h3-5,7,10H,6H2,1-2H3,(H,11,12). The average molecular weight is 166 g/mol. The third-order valence-corrected chi connectivity index (χ3v) is 1.51. The van der Waals surface area contributed by atoms with E-state index < -0.39 is 0 Å². The maximum absolute atomic E-state index is 11.3. The van der Waals surface area contributed by atoms with Gasteiger partial charge in [0.25, 0.3) is 5.91 Å². The molecule has 0 unspecified atom stereocenters. The summed E-state index contributed by atoms with van der Waals surface area (Å²) in [6.07, 6.45) is 1.74. The second-order valence-electron chi connectivity index (χ2n) is 3.19. The molecule has 2 N–H and O–H groups in total. The zero-order chi connectivity index (χ0) is 8.97. The highest BCUT2D eigenvalue weighted by Crippen LogP contribution is 1.94. The van der Waals surface area contributed by atoms with Gasteiger partial charge in [0.2, 0.25) is 0 Å². The molecule has 0 spiro atoms. The van der Waals surface area contributed by atoms with Crippen molar-refractivity contribution in [3.05, 3.63) is 24.0 Å². The first-order chi connectivity index (χ1) is 5.70. The molecule has 3 heteroatoms.